The molecule has 0 heterocycles. The first-order valence-corrected chi connectivity index (χ1v) is 7.27. The van der Waals surface area contributed by atoms with Gasteiger partial charge >= 0.3 is 0 Å². The predicted molar refractivity (Wildman–Crippen MR) is 70.7 cm³/mol. The Balaban J connectivity index is 2.46. The van der Waals surface area contributed by atoms with E-state index in [2.05, 4.69) is 13.8 Å². The summed E-state index contributed by atoms with van der Waals surface area (Å²) in [7, 11) is -0.806. The maximum Gasteiger partial charge on any atom is 0.0428 e. The van der Waals surface area contributed by atoms with E-state index in [1.54, 1.807) is 0 Å². The third-order valence-electron chi connectivity index (χ3n) is 2.76. The highest BCUT2D eigenvalue weighted by Gasteiger charge is 2.12. The summed E-state index contributed by atoms with van der Waals surface area (Å²) in [5.74, 6) is 1.84. The molecule has 1 aromatic rings. The van der Waals surface area contributed by atoms with Crippen LogP contribution in [-0.2, 0) is 10.8 Å². The van der Waals surface area contributed by atoms with Crippen molar-refractivity contribution in [2.45, 2.75) is 26.3 Å². The second-order valence-electron chi connectivity index (χ2n) is 4.30. The number of hydrogen-bond donors (Lipinski definition) is 1. The first-order chi connectivity index (χ1) is 7.63. The SMILES string of the molecule is CCC(C)CS(=O)CC(N)c1ccccc1. The number of rotatable bonds is 6. The average molecular weight is 239 g/mol. The molecule has 0 saturated carbocycles. The van der Waals surface area contributed by atoms with Crippen molar-refractivity contribution in [3.05, 3.63) is 35.9 Å². The summed E-state index contributed by atoms with van der Waals surface area (Å²) in [4.78, 5) is 0. The van der Waals surface area contributed by atoms with Crippen LogP contribution in [0.2, 0.25) is 0 Å². The first kappa shape index (κ1) is 13.4. The third-order valence-corrected chi connectivity index (χ3v) is 4.43. The smallest absolute Gasteiger partial charge is 0.0428 e. The fourth-order valence-electron chi connectivity index (χ4n) is 1.50. The maximum atomic E-state index is 11.8. The average Bonchev–Trinajstić information content (AvgIpc) is 2.29. The zero-order valence-corrected chi connectivity index (χ0v) is 10.9. The molecule has 1 rings (SSSR count). The van der Waals surface area contributed by atoms with Crippen molar-refractivity contribution in [3.63, 3.8) is 0 Å². The Morgan fingerprint density at radius 2 is 1.88 bits per heavy atom. The van der Waals surface area contributed by atoms with Crippen LogP contribution in [0.25, 0.3) is 0 Å². The van der Waals surface area contributed by atoms with Crippen molar-refractivity contribution in [2.75, 3.05) is 11.5 Å². The summed E-state index contributed by atoms with van der Waals surface area (Å²) in [5, 5.41) is 0. The van der Waals surface area contributed by atoms with Crippen LogP contribution in [0.15, 0.2) is 30.3 Å². The molecule has 2 N–H and O–H groups in total. The van der Waals surface area contributed by atoms with Gasteiger partial charge in [-0.3, -0.25) is 4.21 Å². The highest BCUT2D eigenvalue weighted by Crippen LogP contribution is 2.12. The van der Waals surface area contributed by atoms with Crippen LogP contribution in [0.3, 0.4) is 0 Å². The normalized spacial score (nSPS) is 16.7. The molecule has 0 radical (unpaired) electrons. The molecular formula is C13H21NOS. The predicted octanol–water partition coefficient (Wildman–Crippen LogP) is 2.48. The Kier molecular flexibility index (Phi) is 5.71. The Bertz CT molecular complexity index is 326. The summed E-state index contributed by atoms with van der Waals surface area (Å²) in [6.45, 7) is 4.25. The number of hydrogen-bond acceptors (Lipinski definition) is 2. The van der Waals surface area contributed by atoms with Gasteiger partial charge in [0.05, 0.1) is 0 Å². The standard InChI is InChI=1S/C13H21NOS/c1-3-11(2)9-16(15)10-13(14)12-7-5-4-6-8-12/h4-8,11,13H,3,9-10,14H2,1-2H3. The molecule has 1 aromatic carbocycles. The van der Waals surface area contributed by atoms with Crippen LogP contribution in [0.4, 0.5) is 0 Å². The van der Waals surface area contributed by atoms with Gasteiger partial charge in [-0.25, -0.2) is 0 Å². The van der Waals surface area contributed by atoms with Crippen molar-refractivity contribution in [2.24, 2.45) is 11.7 Å². The van der Waals surface area contributed by atoms with Gasteiger partial charge in [-0.2, -0.15) is 0 Å². The van der Waals surface area contributed by atoms with Crippen molar-refractivity contribution >= 4 is 10.8 Å². The van der Waals surface area contributed by atoms with Gasteiger partial charge < -0.3 is 5.73 Å². The van der Waals surface area contributed by atoms with Gasteiger partial charge in [0.15, 0.2) is 0 Å². The Morgan fingerprint density at radius 3 is 2.44 bits per heavy atom. The van der Waals surface area contributed by atoms with E-state index in [9.17, 15) is 4.21 Å². The van der Waals surface area contributed by atoms with Crippen molar-refractivity contribution in [1.82, 2.24) is 0 Å². The molecule has 0 aliphatic carbocycles. The third kappa shape index (κ3) is 4.45. The van der Waals surface area contributed by atoms with Crippen LogP contribution in [0, 0.1) is 5.92 Å². The van der Waals surface area contributed by atoms with Gasteiger partial charge in [-0.1, -0.05) is 50.6 Å². The van der Waals surface area contributed by atoms with Crippen LogP contribution < -0.4 is 5.73 Å². The van der Waals surface area contributed by atoms with Gasteiger partial charge in [0.2, 0.25) is 0 Å². The molecule has 0 spiro atoms. The summed E-state index contributed by atoms with van der Waals surface area (Å²) < 4.78 is 11.8. The van der Waals surface area contributed by atoms with Crippen LogP contribution in [0.1, 0.15) is 31.9 Å². The molecule has 3 unspecified atom stereocenters. The Hall–Kier alpha value is -0.670. The molecule has 0 aromatic heterocycles. The van der Waals surface area contributed by atoms with Crippen LogP contribution in [0.5, 0.6) is 0 Å². The molecule has 0 aliphatic heterocycles. The summed E-state index contributed by atoms with van der Waals surface area (Å²) in [6, 6.07) is 9.77. The molecule has 0 fully saturated rings. The number of benzene rings is 1. The molecule has 90 valence electrons. The van der Waals surface area contributed by atoms with E-state index in [1.165, 1.54) is 0 Å². The minimum absolute atomic E-state index is 0.105. The van der Waals surface area contributed by atoms with E-state index in [0.29, 0.717) is 11.7 Å². The molecule has 0 bridgehead atoms. The molecule has 0 saturated heterocycles. The molecule has 3 heteroatoms. The highest BCUT2D eigenvalue weighted by molar-refractivity contribution is 7.85. The lowest BCUT2D eigenvalue weighted by Gasteiger charge is -2.13. The van der Waals surface area contributed by atoms with Crippen molar-refractivity contribution in [1.29, 1.82) is 0 Å². The van der Waals surface area contributed by atoms with E-state index in [-0.39, 0.29) is 6.04 Å². The first-order valence-electron chi connectivity index (χ1n) is 5.79. The highest BCUT2D eigenvalue weighted by atomic mass is 32.2. The van der Waals surface area contributed by atoms with E-state index in [0.717, 1.165) is 17.7 Å². The van der Waals surface area contributed by atoms with Crippen LogP contribution in [-0.4, -0.2) is 15.7 Å². The van der Waals surface area contributed by atoms with Gasteiger partial charge in [-0.05, 0) is 11.5 Å². The van der Waals surface area contributed by atoms with Gasteiger partial charge in [0, 0.05) is 28.3 Å². The minimum atomic E-state index is -0.806. The van der Waals surface area contributed by atoms with Crippen molar-refractivity contribution < 1.29 is 4.21 Å². The molecule has 3 atom stereocenters. The molecule has 16 heavy (non-hydrogen) atoms. The quantitative estimate of drug-likeness (QED) is 0.828. The molecule has 2 nitrogen and oxygen atoms in total. The Labute approximate surface area is 101 Å². The zero-order chi connectivity index (χ0) is 12.0. The number of nitrogens with two attached hydrogens (primary N) is 1. The van der Waals surface area contributed by atoms with E-state index >= 15 is 0 Å². The maximum absolute atomic E-state index is 11.8. The van der Waals surface area contributed by atoms with Gasteiger partial charge in [0.25, 0.3) is 0 Å². The van der Waals surface area contributed by atoms with E-state index in [1.807, 2.05) is 30.3 Å². The summed E-state index contributed by atoms with van der Waals surface area (Å²) >= 11 is 0. The molecule has 0 aliphatic rings. The summed E-state index contributed by atoms with van der Waals surface area (Å²) in [6.07, 6.45) is 1.08. The fourth-order valence-corrected chi connectivity index (χ4v) is 3.10. The molecular weight excluding hydrogens is 218 g/mol. The lowest BCUT2D eigenvalue weighted by atomic mass is 10.1. The summed E-state index contributed by atoms with van der Waals surface area (Å²) in [5.41, 5.74) is 7.09. The van der Waals surface area contributed by atoms with Gasteiger partial charge in [-0.15, -0.1) is 0 Å². The second kappa shape index (κ2) is 6.81. The monoisotopic (exact) mass is 239 g/mol. The van der Waals surface area contributed by atoms with E-state index < -0.39 is 10.8 Å². The fraction of sp³-hybridized carbons (Fsp3) is 0.538. The second-order valence-corrected chi connectivity index (χ2v) is 5.85. The molecule has 0 amide bonds. The van der Waals surface area contributed by atoms with Crippen LogP contribution >= 0.6 is 0 Å². The zero-order valence-electron chi connectivity index (χ0n) is 10.1. The van der Waals surface area contributed by atoms with Gasteiger partial charge in [0.1, 0.15) is 0 Å². The minimum Gasteiger partial charge on any atom is -0.323 e. The van der Waals surface area contributed by atoms with Crippen molar-refractivity contribution in [3.8, 4) is 0 Å². The topological polar surface area (TPSA) is 43.1 Å². The van der Waals surface area contributed by atoms with E-state index in [4.69, 9.17) is 5.73 Å². The lowest BCUT2D eigenvalue weighted by molar-refractivity contribution is 0.612. The Morgan fingerprint density at radius 1 is 1.25 bits per heavy atom. The lowest BCUT2D eigenvalue weighted by Crippen LogP contribution is -2.21. The largest absolute Gasteiger partial charge is 0.323 e.